The number of carbonyl (C=O) groups excluding carboxylic acids is 2. The molecule has 9 heteroatoms. The second-order valence-corrected chi connectivity index (χ2v) is 9.23. The van der Waals surface area contributed by atoms with Crippen LogP contribution in [0, 0.1) is 5.82 Å². The van der Waals surface area contributed by atoms with Crippen molar-refractivity contribution in [3.05, 3.63) is 88.1 Å². The number of aryl methyl sites for hydroxylation is 1. The molecule has 2 aromatic carbocycles. The van der Waals surface area contributed by atoms with E-state index in [9.17, 15) is 18.8 Å². The lowest BCUT2D eigenvalue weighted by atomic mass is 10.1. The van der Waals surface area contributed by atoms with Crippen molar-refractivity contribution >= 4 is 23.2 Å². The lowest BCUT2D eigenvalue weighted by Crippen LogP contribution is -2.49. The van der Waals surface area contributed by atoms with Crippen LogP contribution in [0.5, 0.6) is 0 Å². The van der Waals surface area contributed by atoms with Crippen LogP contribution in [-0.4, -0.2) is 58.7 Å². The first-order valence-electron chi connectivity index (χ1n) is 12.2. The van der Waals surface area contributed by atoms with Gasteiger partial charge in [0.2, 0.25) is 5.91 Å². The van der Waals surface area contributed by atoms with Crippen LogP contribution in [0.25, 0.3) is 0 Å². The van der Waals surface area contributed by atoms with Gasteiger partial charge in [-0.1, -0.05) is 18.2 Å². The maximum atomic E-state index is 13.3. The highest BCUT2D eigenvalue weighted by Crippen LogP contribution is 2.32. The number of rotatable bonds is 5. The third kappa shape index (κ3) is 4.73. The minimum absolute atomic E-state index is 0.00719. The van der Waals surface area contributed by atoms with Crippen LogP contribution in [0.1, 0.15) is 29.4 Å². The number of carbonyl (C=O) groups is 2. The third-order valence-corrected chi connectivity index (χ3v) is 6.87. The Morgan fingerprint density at radius 2 is 1.69 bits per heavy atom. The summed E-state index contributed by atoms with van der Waals surface area (Å²) in [4.78, 5) is 44.1. The van der Waals surface area contributed by atoms with E-state index in [4.69, 9.17) is 0 Å². The van der Waals surface area contributed by atoms with Gasteiger partial charge in [-0.3, -0.25) is 14.4 Å². The van der Waals surface area contributed by atoms with E-state index in [2.05, 4.69) is 10.00 Å². The number of nitrogens with zero attached hydrogens (tertiary/aromatic N) is 5. The highest BCUT2D eigenvalue weighted by atomic mass is 19.1. The highest BCUT2D eigenvalue weighted by molar-refractivity contribution is 6.06. The van der Waals surface area contributed by atoms with Gasteiger partial charge in [0.15, 0.2) is 0 Å². The van der Waals surface area contributed by atoms with E-state index in [1.807, 2.05) is 31.2 Å². The summed E-state index contributed by atoms with van der Waals surface area (Å²) in [6.45, 7) is 4.47. The average Bonchev–Trinajstić information content (AvgIpc) is 3.23. The normalized spacial score (nSPS) is 17.3. The summed E-state index contributed by atoms with van der Waals surface area (Å²) in [7, 11) is 0. The van der Waals surface area contributed by atoms with Crippen molar-refractivity contribution in [2.75, 3.05) is 36.0 Å². The number of fused-ring (bicyclic) bond motifs is 1. The maximum Gasteiger partial charge on any atom is 0.278 e. The molecule has 0 saturated carbocycles. The van der Waals surface area contributed by atoms with E-state index in [0.29, 0.717) is 26.2 Å². The van der Waals surface area contributed by atoms with Crippen LogP contribution in [0.2, 0.25) is 0 Å². The number of hydrogen-bond donors (Lipinski definition) is 0. The molecule has 0 bridgehead atoms. The minimum atomic E-state index is -0.352. The fourth-order valence-electron chi connectivity index (χ4n) is 4.95. The summed E-state index contributed by atoms with van der Waals surface area (Å²) in [5.74, 6) is -0.604. The molecule has 1 fully saturated rings. The molecule has 36 heavy (non-hydrogen) atoms. The van der Waals surface area contributed by atoms with Gasteiger partial charge >= 0.3 is 0 Å². The predicted molar refractivity (Wildman–Crippen MR) is 135 cm³/mol. The molecule has 2 amide bonds. The maximum absolute atomic E-state index is 13.3. The zero-order chi connectivity index (χ0) is 25.2. The second-order valence-electron chi connectivity index (χ2n) is 9.23. The molecular weight excluding hydrogens is 461 g/mol. The SMILES string of the molecule is C[C@@H]1Cc2ccccc2N1C(=O)c1ccc(=O)n(CCC(=O)N2CCN(c3ccc(F)cc3)CC2)n1. The summed E-state index contributed by atoms with van der Waals surface area (Å²) in [5.41, 5.74) is 2.73. The van der Waals surface area contributed by atoms with Gasteiger partial charge in [-0.2, -0.15) is 5.10 Å². The Kier molecular flexibility index (Phi) is 6.54. The van der Waals surface area contributed by atoms with Crippen LogP contribution in [0.15, 0.2) is 65.5 Å². The van der Waals surface area contributed by atoms with E-state index < -0.39 is 0 Å². The van der Waals surface area contributed by atoms with Crippen molar-refractivity contribution in [2.45, 2.75) is 32.4 Å². The van der Waals surface area contributed by atoms with Gasteiger partial charge in [-0.15, -0.1) is 0 Å². The summed E-state index contributed by atoms with van der Waals surface area (Å²) >= 11 is 0. The Morgan fingerprint density at radius 3 is 2.44 bits per heavy atom. The smallest absolute Gasteiger partial charge is 0.278 e. The van der Waals surface area contributed by atoms with Crippen LogP contribution < -0.4 is 15.4 Å². The van der Waals surface area contributed by atoms with E-state index in [0.717, 1.165) is 23.4 Å². The first-order valence-corrected chi connectivity index (χ1v) is 12.2. The van der Waals surface area contributed by atoms with Gasteiger partial charge in [0.05, 0.1) is 6.54 Å². The summed E-state index contributed by atoms with van der Waals surface area (Å²) < 4.78 is 14.4. The Labute approximate surface area is 208 Å². The molecule has 3 heterocycles. The standard InChI is InChI=1S/C27H28FN5O3/c1-19-18-20-4-2-3-5-24(20)33(19)27(36)23-10-11-26(35)32(29-23)13-12-25(34)31-16-14-30(15-17-31)22-8-6-21(28)7-9-22/h2-11,19H,12-18H2,1H3/t19-/m1/s1. The Balaban J connectivity index is 1.21. The van der Waals surface area contributed by atoms with Gasteiger partial charge in [0.1, 0.15) is 11.5 Å². The lowest BCUT2D eigenvalue weighted by Gasteiger charge is -2.36. The third-order valence-electron chi connectivity index (χ3n) is 6.87. The average molecular weight is 490 g/mol. The number of halogens is 1. The first-order chi connectivity index (χ1) is 17.4. The molecule has 0 spiro atoms. The molecule has 1 aromatic heterocycles. The van der Waals surface area contributed by atoms with E-state index in [-0.39, 0.29) is 47.9 Å². The summed E-state index contributed by atoms with van der Waals surface area (Å²) in [6.07, 6.45) is 0.883. The summed E-state index contributed by atoms with van der Waals surface area (Å²) in [6, 6.07) is 16.9. The van der Waals surface area contributed by atoms with Crippen molar-refractivity contribution in [1.82, 2.24) is 14.7 Å². The molecule has 1 atom stereocenters. The highest BCUT2D eigenvalue weighted by Gasteiger charge is 2.32. The van der Waals surface area contributed by atoms with Gasteiger partial charge in [0.25, 0.3) is 11.5 Å². The largest absolute Gasteiger partial charge is 0.368 e. The number of amides is 2. The van der Waals surface area contributed by atoms with Crippen LogP contribution >= 0.6 is 0 Å². The number of piperazine rings is 1. The molecule has 186 valence electrons. The number of anilines is 2. The van der Waals surface area contributed by atoms with E-state index in [1.165, 1.54) is 28.9 Å². The van der Waals surface area contributed by atoms with Gasteiger partial charge in [0, 0.05) is 56.1 Å². The quantitative estimate of drug-likeness (QED) is 0.551. The first kappa shape index (κ1) is 23.7. The van der Waals surface area contributed by atoms with Crippen molar-refractivity contribution in [3.8, 4) is 0 Å². The van der Waals surface area contributed by atoms with E-state index >= 15 is 0 Å². The lowest BCUT2D eigenvalue weighted by molar-refractivity contribution is -0.131. The molecule has 0 N–H and O–H groups in total. The topological polar surface area (TPSA) is 78.8 Å². The molecule has 2 aliphatic rings. The monoisotopic (exact) mass is 489 g/mol. The molecule has 0 unspecified atom stereocenters. The molecule has 3 aromatic rings. The molecule has 0 radical (unpaired) electrons. The predicted octanol–water partition coefficient (Wildman–Crippen LogP) is 2.71. The molecule has 1 saturated heterocycles. The Bertz CT molecular complexity index is 1330. The van der Waals surface area contributed by atoms with E-state index in [1.54, 1.807) is 21.9 Å². The van der Waals surface area contributed by atoms with Crippen LogP contribution in [0.4, 0.5) is 15.8 Å². The van der Waals surface area contributed by atoms with Gasteiger partial charge < -0.3 is 14.7 Å². The van der Waals surface area contributed by atoms with Gasteiger partial charge in [-0.25, -0.2) is 9.07 Å². The van der Waals surface area contributed by atoms with Crippen LogP contribution in [-0.2, 0) is 17.8 Å². The van der Waals surface area contributed by atoms with Crippen molar-refractivity contribution in [2.24, 2.45) is 0 Å². The molecular formula is C27H28FN5O3. The van der Waals surface area contributed by atoms with Crippen molar-refractivity contribution in [3.63, 3.8) is 0 Å². The zero-order valence-electron chi connectivity index (χ0n) is 20.1. The number of benzene rings is 2. The molecule has 8 nitrogen and oxygen atoms in total. The molecule has 2 aliphatic heterocycles. The zero-order valence-corrected chi connectivity index (χ0v) is 20.1. The Hall–Kier alpha value is -4.01. The minimum Gasteiger partial charge on any atom is -0.368 e. The number of aromatic nitrogens is 2. The van der Waals surface area contributed by atoms with Gasteiger partial charge in [-0.05, 0) is 55.3 Å². The summed E-state index contributed by atoms with van der Waals surface area (Å²) in [5, 5.41) is 4.30. The fourth-order valence-corrected chi connectivity index (χ4v) is 4.95. The Morgan fingerprint density at radius 1 is 0.972 bits per heavy atom. The fraction of sp³-hybridized carbons (Fsp3) is 0.333. The second kappa shape index (κ2) is 9.93. The molecule has 0 aliphatic carbocycles. The van der Waals surface area contributed by atoms with Crippen molar-refractivity contribution in [1.29, 1.82) is 0 Å². The van der Waals surface area contributed by atoms with Crippen LogP contribution in [0.3, 0.4) is 0 Å². The molecule has 5 rings (SSSR count). The number of hydrogen-bond acceptors (Lipinski definition) is 5. The van der Waals surface area contributed by atoms with Crippen molar-refractivity contribution < 1.29 is 14.0 Å². The number of para-hydroxylation sites is 1.